The molecule has 2 aromatic heterocycles. The molecular formula is C26H24F3N5O2S. The van der Waals surface area contributed by atoms with Crippen LogP contribution < -0.4 is 10.5 Å². The van der Waals surface area contributed by atoms with E-state index in [1.165, 1.54) is 11.6 Å². The van der Waals surface area contributed by atoms with Crippen LogP contribution in [0.2, 0.25) is 0 Å². The van der Waals surface area contributed by atoms with E-state index in [0.29, 0.717) is 42.3 Å². The van der Waals surface area contributed by atoms with Crippen molar-refractivity contribution in [2.45, 2.75) is 37.8 Å². The molecule has 2 aromatic carbocycles. The van der Waals surface area contributed by atoms with E-state index in [9.17, 15) is 18.0 Å². The molecule has 37 heavy (non-hydrogen) atoms. The molecule has 1 saturated heterocycles. The Labute approximate surface area is 215 Å². The molecule has 0 aliphatic carbocycles. The van der Waals surface area contributed by atoms with Crippen LogP contribution in [-0.2, 0) is 6.42 Å². The summed E-state index contributed by atoms with van der Waals surface area (Å²) < 4.78 is 48.2. The minimum atomic E-state index is -2.75. The van der Waals surface area contributed by atoms with Gasteiger partial charge in [0.15, 0.2) is 0 Å². The number of thiazole rings is 1. The molecule has 3 heterocycles. The fourth-order valence-electron chi connectivity index (χ4n) is 4.84. The molecule has 7 nitrogen and oxygen atoms in total. The Morgan fingerprint density at radius 2 is 1.95 bits per heavy atom. The molecule has 0 saturated carbocycles. The number of hydrogen-bond donors (Lipinski definition) is 1. The van der Waals surface area contributed by atoms with Crippen LogP contribution >= 0.6 is 11.3 Å². The van der Waals surface area contributed by atoms with Gasteiger partial charge in [-0.25, -0.2) is 18.2 Å². The highest BCUT2D eigenvalue weighted by Gasteiger charge is 2.33. The van der Waals surface area contributed by atoms with Crippen molar-refractivity contribution in [1.82, 2.24) is 20.1 Å². The van der Waals surface area contributed by atoms with Gasteiger partial charge >= 0.3 is 0 Å². The van der Waals surface area contributed by atoms with E-state index in [2.05, 4.69) is 20.1 Å². The lowest BCUT2D eigenvalue weighted by Gasteiger charge is -2.37. The second-order valence-corrected chi connectivity index (χ2v) is 9.74. The number of nitrogens with two attached hydrogens (primary N) is 1. The molecule has 1 aliphatic rings. The molecule has 0 radical (unpaired) electrons. The number of rotatable bonds is 8. The average molecular weight is 528 g/mol. The first-order valence-electron chi connectivity index (χ1n) is 11.8. The third-order valence-electron chi connectivity index (χ3n) is 6.63. The number of halogens is 3. The number of piperidine rings is 1. The Balaban J connectivity index is 1.38. The van der Waals surface area contributed by atoms with Gasteiger partial charge in [0, 0.05) is 23.9 Å². The normalized spacial score (nSPS) is 15.8. The second-order valence-electron chi connectivity index (χ2n) is 8.85. The lowest BCUT2D eigenvalue weighted by atomic mass is 9.95. The van der Waals surface area contributed by atoms with E-state index in [1.807, 2.05) is 24.3 Å². The quantitative estimate of drug-likeness (QED) is 0.343. The van der Waals surface area contributed by atoms with Crippen molar-refractivity contribution in [1.29, 1.82) is 0 Å². The maximum Gasteiger partial charge on any atom is 0.281 e. The number of hydrogen-bond acceptors (Lipinski definition) is 7. The number of primary amides is 1. The van der Waals surface area contributed by atoms with Crippen molar-refractivity contribution in [2.75, 3.05) is 13.1 Å². The zero-order valence-electron chi connectivity index (χ0n) is 19.7. The van der Waals surface area contributed by atoms with Gasteiger partial charge in [0.25, 0.3) is 12.3 Å². The first kappa shape index (κ1) is 25.1. The van der Waals surface area contributed by atoms with Crippen molar-refractivity contribution >= 4 is 28.0 Å². The largest absolute Gasteiger partial charge is 0.473 e. The van der Waals surface area contributed by atoms with Crippen LogP contribution in [0.1, 0.15) is 51.8 Å². The minimum absolute atomic E-state index is 0.136. The molecule has 1 atom stereocenters. The van der Waals surface area contributed by atoms with Gasteiger partial charge in [0.05, 0.1) is 28.2 Å². The van der Waals surface area contributed by atoms with Gasteiger partial charge in [0.2, 0.25) is 5.88 Å². The molecule has 0 bridgehead atoms. The number of alkyl halides is 2. The Kier molecular flexibility index (Phi) is 7.33. The maximum atomic E-state index is 14.4. The number of aromatic nitrogens is 3. The Hall–Kier alpha value is -3.57. The summed E-state index contributed by atoms with van der Waals surface area (Å²) in [7, 11) is 0. The Morgan fingerprint density at radius 1 is 1.16 bits per heavy atom. The third-order valence-corrected chi connectivity index (χ3v) is 7.57. The highest BCUT2D eigenvalue weighted by atomic mass is 32.1. The zero-order chi connectivity index (χ0) is 25.9. The summed E-state index contributed by atoms with van der Waals surface area (Å²) in [4.78, 5) is 18.3. The van der Waals surface area contributed by atoms with Gasteiger partial charge in [-0.05, 0) is 37.0 Å². The van der Waals surface area contributed by atoms with Crippen molar-refractivity contribution in [3.05, 3.63) is 81.7 Å². The van der Waals surface area contributed by atoms with E-state index in [4.69, 9.17) is 10.5 Å². The number of carbonyl (C=O) groups excluding carboxylic acids is 1. The van der Waals surface area contributed by atoms with Crippen LogP contribution in [0.15, 0.2) is 54.2 Å². The first-order chi connectivity index (χ1) is 17.9. The molecule has 1 aliphatic heterocycles. The van der Waals surface area contributed by atoms with Crippen LogP contribution in [0.5, 0.6) is 5.88 Å². The monoisotopic (exact) mass is 527 g/mol. The lowest BCUT2D eigenvalue weighted by molar-refractivity contribution is 0.0711. The molecule has 0 spiro atoms. The number of nitrogens with zero attached hydrogens (tertiary/aromatic N) is 4. The minimum Gasteiger partial charge on any atom is -0.473 e. The molecular weight excluding hydrogens is 503 g/mol. The van der Waals surface area contributed by atoms with Crippen molar-refractivity contribution in [2.24, 2.45) is 5.73 Å². The molecule has 1 amide bonds. The molecule has 11 heteroatoms. The standard InChI is InChI=1S/C26H24F3N5O2S/c27-19-7-3-5-15(21(19)25(30)35)12-20(23-22(24(28)29)31-14-37-23)34-10-8-17(9-11-34)36-26-18-6-2-1-4-16(18)13-32-33-26/h1-7,13-14,17,20,24H,8-12H2,(H2,30,35). The maximum absolute atomic E-state index is 14.4. The summed E-state index contributed by atoms with van der Waals surface area (Å²) in [6.07, 6.45) is 0.170. The number of amides is 1. The summed E-state index contributed by atoms with van der Waals surface area (Å²) in [5.74, 6) is -1.17. The lowest BCUT2D eigenvalue weighted by Crippen LogP contribution is -2.41. The zero-order valence-corrected chi connectivity index (χ0v) is 20.5. The van der Waals surface area contributed by atoms with Gasteiger partial charge in [-0.2, -0.15) is 5.10 Å². The molecule has 4 aromatic rings. The van der Waals surface area contributed by atoms with Gasteiger partial charge < -0.3 is 10.5 Å². The van der Waals surface area contributed by atoms with Crippen molar-refractivity contribution < 1.29 is 22.7 Å². The number of fused-ring (bicyclic) bond motifs is 1. The smallest absolute Gasteiger partial charge is 0.281 e. The summed E-state index contributed by atoms with van der Waals surface area (Å²) >= 11 is 1.13. The van der Waals surface area contributed by atoms with Gasteiger partial charge in [-0.15, -0.1) is 16.4 Å². The molecule has 2 N–H and O–H groups in total. The highest BCUT2D eigenvalue weighted by molar-refractivity contribution is 7.09. The summed E-state index contributed by atoms with van der Waals surface area (Å²) in [5, 5.41) is 9.98. The first-order valence-corrected chi connectivity index (χ1v) is 12.7. The average Bonchev–Trinajstić information content (AvgIpc) is 3.38. The summed E-state index contributed by atoms with van der Waals surface area (Å²) in [5.41, 5.74) is 6.69. The SMILES string of the molecule is NC(=O)c1c(F)cccc1CC(c1scnc1C(F)F)N1CCC(Oc2nncc3ccccc23)CC1. The van der Waals surface area contributed by atoms with Gasteiger partial charge in [-0.3, -0.25) is 9.69 Å². The highest BCUT2D eigenvalue weighted by Crippen LogP contribution is 2.37. The summed E-state index contributed by atoms with van der Waals surface area (Å²) in [6.45, 7) is 1.07. The predicted molar refractivity (Wildman–Crippen MR) is 133 cm³/mol. The molecule has 5 rings (SSSR count). The van der Waals surface area contributed by atoms with E-state index >= 15 is 0 Å². The van der Waals surface area contributed by atoms with Crippen LogP contribution in [0, 0.1) is 5.82 Å². The van der Waals surface area contributed by atoms with E-state index < -0.39 is 24.2 Å². The number of carbonyl (C=O) groups is 1. The third kappa shape index (κ3) is 5.28. The Bertz CT molecular complexity index is 1400. The fourth-order valence-corrected chi connectivity index (χ4v) is 5.77. The van der Waals surface area contributed by atoms with Crippen molar-refractivity contribution in [3.63, 3.8) is 0 Å². The Morgan fingerprint density at radius 3 is 2.70 bits per heavy atom. The van der Waals surface area contributed by atoms with E-state index in [1.54, 1.807) is 12.3 Å². The van der Waals surface area contributed by atoms with E-state index in [-0.39, 0.29) is 23.8 Å². The fraction of sp³-hybridized carbons (Fsp3) is 0.308. The van der Waals surface area contributed by atoms with E-state index in [0.717, 1.165) is 28.2 Å². The van der Waals surface area contributed by atoms with Gasteiger partial charge in [-0.1, -0.05) is 30.3 Å². The second kappa shape index (κ2) is 10.8. The van der Waals surface area contributed by atoms with Crippen LogP contribution in [0.3, 0.4) is 0 Å². The number of likely N-dealkylation sites (tertiary alicyclic amines) is 1. The van der Waals surface area contributed by atoms with Crippen LogP contribution in [0.25, 0.3) is 10.8 Å². The number of benzene rings is 2. The van der Waals surface area contributed by atoms with Crippen LogP contribution in [-0.4, -0.2) is 45.2 Å². The van der Waals surface area contributed by atoms with Crippen molar-refractivity contribution in [3.8, 4) is 5.88 Å². The topological polar surface area (TPSA) is 94.2 Å². The van der Waals surface area contributed by atoms with Gasteiger partial charge in [0.1, 0.15) is 17.6 Å². The van der Waals surface area contributed by atoms with Crippen LogP contribution in [0.4, 0.5) is 13.2 Å². The molecule has 1 fully saturated rings. The predicted octanol–water partition coefficient (Wildman–Crippen LogP) is 5.09. The number of ether oxygens (including phenoxy) is 1. The summed E-state index contributed by atoms with van der Waals surface area (Å²) in [6, 6.07) is 11.4. The molecule has 1 unspecified atom stereocenters. The molecule has 192 valence electrons.